The third-order valence-electron chi connectivity index (χ3n) is 4.17. The molecular formula is C20H32N4O8. The SMILES string of the molecule is CC(C)C(=O)NCC(=O)NCCC(C(=O)O)=C(CCNC(=O)CNC(=O)C(C)C)C(=O)O. The van der Waals surface area contributed by atoms with Crippen LogP contribution in [0.4, 0.5) is 0 Å². The monoisotopic (exact) mass is 456 g/mol. The van der Waals surface area contributed by atoms with Crippen LogP contribution < -0.4 is 21.3 Å². The number of aliphatic carboxylic acids is 2. The Balaban J connectivity index is 4.79. The van der Waals surface area contributed by atoms with Crippen LogP contribution in [-0.4, -0.2) is 72.0 Å². The molecular weight excluding hydrogens is 424 g/mol. The molecule has 0 rings (SSSR count). The average molecular weight is 456 g/mol. The van der Waals surface area contributed by atoms with E-state index in [1.54, 1.807) is 27.7 Å². The van der Waals surface area contributed by atoms with Crippen molar-refractivity contribution in [1.29, 1.82) is 0 Å². The van der Waals surface area contributed by atoms with Crippen LogP contribution in [0.5, 0.6) is 0 Å². The highest BCUT2D eigenvalue weighted by Gasteiger charge is 2.20. The molecule has 6 N–H and O–H groups in total. The minimum absolute atomic E-state index is 0.150. The van der Waals surface area contributed by atoms with E-state index < -0.39 is 34.9 Å². The molecule has 0 bridgehead atoms. The summed E-state index contributed by atoms with van der Waals surface area (Å²) in [5.74, 6) is -5.23. The molecule has 12 heteroatoms. The molecule has 0 aliphatic rings. The van der Waals surface area contributed by atoms with Gasteiger partial charge in [-0.3, -0.25) is 19.2 Å². The highest BCUT2D eigenvalue weighted by Crippen LogP contribution is 2.13. The van der Waals surface area contributed by atoms with Gasteiger partial charge in [0.25, 0.3) is 0 Å². The fourth-order valence-corrected chi connectivity index (χ4v) is 2.30. The van der Waals surface area contributed by atoms with Crippen molar-refractivity contribution in [2.75, 3.05) is 26.2 Å². The van der Waals surface area contributed by atoms with E-state index in [2.05, 4.69) is 21.3 Å². The zero-order valence-electron chi connectivity index (χ0n) is 18.7. The number of carboxylic acids is 2. The molecule has 0 aliphatic heterocycles. The van der Waals surface area contributed by atoms with Crippen molar-refractivity contribution in [2.24, 2.45) is 11.8 Å². The number of hydrogen-bond acceptors (Lipinski definition) is 6. The third kappa shape index (κ3) is 11.7. The summed E-state index contributed by atoms with van der Waals surface area (Å²) in [5.41, 5.74) is -0.822. The Morgan fingerprint density at radius 3 is 1.16 bits per heavy atom. The van der Waals surface area contributed by atoms with E-state index in [0.29, 0.717) is 0 Å². The van der Waals surface area contributed by atoms with Gasteiger partial charge in [-0.2, -0.15) is 0 Å². The van der Waals surface area contributed by atoms with Gasteiger partial charge >= 0.3 is 11.9 Å². The van der Waals surface area contributed by atoms with Gasteiger partial charge in [0, 0.05) is 36.1 Å². The molecule has 4 amide bonds. The molecule has 0 saturated heterocycles. The van der Waals surface area contributed by atoms with E-state index >= 15 is 0 Å². The van der Waals surface area contributed by atoms with Crippen molar-refractivity contribution in [3.05, 3.63) is 11.1 Å². The number of carbonyl (C=O) groups excluding carboxylic acids is 4. The second-order valence-electron chi connectivity index (χ2n) is 7.51. The lowest BCUT2D eigenvalue weighted by Gasteiger charge is -2.12. The van der Waals surface area contributed by atoms with Gasteiger partial charge in [0.05, 0.1) is 13.1 Å². The molecule has 0 radical (unpaired) electrons. The molecule has 0 unspecified atom stereocenters. The van der Waals surface area contributed by atoms with Crippen molar-refractivity contribution in [2.45, 2.75) is 40.5 Å². The highest BCUT2D eigenvalue weighted by atomic mass is 16.4. The van der Waals surface area contributed by atoms with Crippen molar-refractivity contribution in [3.63, 3.8) is 0 Å². The normalized spacial score (nSPS) is 11.4. The van der Waals surface area contributed by atoms with E-state index in [4.69, 9.17) is 0 Å². The topological polar surface area (TPSA) is 191 Å². The second-order valence-corrected chi connectivity index (χ2v) is 7.51. The molecule has 0 saturated carbocycles. The third-order valence-corrected chi connectivity index (χ3v) is 4.17. The van der Waals surface area contributed by atoms with E-state index in [9.17, 15) is 39.0 Å². The summed E-state index contributed by atoms with van der Waals surface area (Å²) < 4.78 is 0. The van der Waals surface area contributed by atoms with Crippen LogP contribution >= 0.6 is 0 Å². The van der Waals surface area contributed by atoms with Crippen LogP contribution in [0, 0.1) is 11.8 Å². The van der Waals surface area contributed by atoms with E-state index in [-0.39, 0.29) is 62.7 Å². The smallest absolute Gasteiger partial charge is 0.332 e. The molecule has 0 spiro atoms. The molecule has 180 valence electrons. The maximum Gasteiger partial charge on any atom is 0.332 e. The summed E-state index contributed by atoms with van der Waals surface area (Å²) in [6, 6.07) is 0. The first-order valence-electron chi connectivity index (χ1n) is 10.1. The zero-order valence-corrected chi connectivity index (χ0v) is 18.7. The van der Waals surface area contributed by atoms with E-state index in [1.165, 1.54) is 0 Å². The second kappa shape index (κ2) is 14.5. The van der Waals surface area contributed by atoms with Crippen molar-refractivity contribution < 1.29 is 39.0 Å². The molecule has 12 nitrogen and oxygen atoms in total. The summed E-state index contributed by atoms with van der Waals surface area (Å²) in [7, 11) is 0. The fourth-order valence-electron chi connectivity index (χ4n) is 2.30. The van der Waals surface area contributed by atoms with Gasteiger partial charge in [-0.1, -0.05) is 27.7 Å². The summed E-state index contributed by atoms with van der Waals surface area (Å²) in [6.45, 7) is 5.78. The molecule has 0 aromatic rings. The average Bonchev–Trinajstić information content (AvgIpc) is 2.70. The standard InChI is InChI=1S/C20H32N4O8/c1-11(2)17(27)23-9-15(25)21-7-5-13(19(29)30)14(20(31)32)6-8-22-16(26)10-24-18(28)12(3)4/h11-12H,5-10H2,1-4H3,(H,21,25)(H,22,26)(H,23,27)(H,24,28)(H,29,30)(H,31,32). The quantitative estimate of drug-likeness (QED) is 0.179. The predicted octanol–water partition coefficient (Wildman–Crippen LogP) is -0.991. The van der Waals surface area contributed by atoms with Crippen LogP contribution in [0.1, 0.15) is 40.5 Å². The molecule has 0 aromatic carbocycles. The van der Waals surface area contributed by atoms with Crippen LogP contribution in [0.3, 0.4) is 0 Å². The first-order valence-corrected chi connectivity index (χ1v) is 10.1. The number of carboxylic acid groups (broad SMARTS) is 2. The predicted molar refractivity (Wildman–Crippen MR) is 113 cm³/mol. The van der Waals surface area contributed by atoms with Gasteiger partial charge in [-0.25, -0.2) is 9.59 Å². The lowest BCUT2D eigenvalue weighted by Crippen LogP contribution is -2.39. The molecule has 0 aromatic heterocycles. The van der Waals surface area contributed by atoms with Crippen LogP contribution in [0.15, 0.2) is 11.1 Å². The highest BCUT2D eigenvalue weighted by molar-refractivity contribution is 5.99. The van der Waals surface area contributed by atoms with Gasteiger partial charge < -0.3 is 31.5 Å². The van der Waals surface area contributed by atoms with Crippen LogP contribution in [0.25, 0.3) is 0 Å². The maximum absolute atomic E-state index is 11.7. The molecule has 0 aliphatic carbocycles. The van der Waals surface area contributed by atoms with Gasteiger partial charge in [0.2, 0.25) is 23.6 Å². The first kappa shape index (κ1) is 28.6. The van der Waals surface area contributed by atoms with E-state index in [0.717, 1.165) is 0 Å². The van der Waals surface area contributed by atoms with Crippen molar-refractivity contribution >= 4 is 35.6 Å². The summed E-state index contributed by atoms with van der Waals surface area (Å²) in [5, 5.41) is 28.4. The number of hydrogen-bond donors (Lipinski definition) is 6. The summed E-state index contributed by atoms with van der Waals surface area (Å²) in [4.78, 5) is 69.4. The Kier molecular flexibility index (Phi) is 13.0. The van der Waals surface area contributed by atoms with Gasteiger partial charge in [-0.05, 0) is 12.8 Å². The number of amides is 4. The Bertz CT molecular complexity index is 697. The molecule has 0 heterocycles. The Morgan fingerprint density at radius 1 is 0.594 bits per heavy atom. The van der Waals surface area contributed by atoms with Gasteiger partial charge in [0.15, 0.2) is 0 Å². The Morgan fingerprint density at radius 2 is 0.906 bits per heavy atom. The van der Waals surface area contributed by atoms with Crippen molar-refractivity contribution in [1.82, 2.24) is 21.3 Å². The minimum Gasteiger partial charge on any atom is -0.478 e. The summed E-state index contributed by atoms with van der Waals surface area (Å²) in [6.07, 6.45) is -0.529. The number of rotatable bonds is 14. The Labute approximate surface area is 186 Å². The largest absolute Gasteiger partial charge is 0.478 e. The Hall–Kier alpha value is -3.44. The lowest BCUT2D eigenvalue weighted by atomic mass is 10.0. The molecule has 0 atom stereocenters. The van der Waals surface area contributed by atoms with Gasteiger partial charge in [-0.15, -0.1) is 0 Å². The van der Waals surface area contributed by atoms with Gasteiger partial charge in [0.1, 0.15) is 0 Å². The number of carbonyl (C=O) groups is 6. The first-order chi connectivity index (χ1) is 14.9. The molecule has 0 fully saturated rings. The molecule has 32 heavy (non-hydrogen) atoms. The number of nitrogens with one attached hydrogen (secondary N) is 4. The zero-order chi connectivity index (χ0) is 24.8. The van der Waals surface area contributed by atoms with Crippen molar-refractivity contribution in [3.8, 4) is 0 Å². The maximum atomic E-state index is 11.7. The summed E-state index contributed by atoms with van der Waals surface area (Å²) >= 11 is 0. The lowest BCUT2D eigenvalue weighted by molar-refractivity contribution is -0.136. The minimum atomic E-state index is -1.46. The fraction of sp³-hybridized carbons (Fsp3) is 0.600. The van der Waals surface area contributed by atoms with E-state index in [1.807, 2.05) is 0 Å². The van der Waals surface area contributed by atoms with Crippen LogP contribution in [0.2, 0.25) is 0 Å². The van der Waals surface area contributed by atoms with Crippen LogP contribution in [-0.2, 0) is 28.8 Å².